The lowest BCUT2D eigenvalue weighted by atomic mass is 9.91. The highest BCUT2D eigenvalue weighted by atomic mass is 32.2. The Balaban J connectivity index is 1.44. The molecule has 3 aliphatic heterocycles. The summed E-state index contributed by atoms with van der Waals surface area (Å²) >= 11 is 7.12. The third-order valence-corrected chi connectivity index (χ3v) is 7.96. The molecule has 0 spiro atoms. The monoisotopic (exact) mass is 434 g/mol. The maximum atomic E-state index is 11.3. The molecule has 0 bridgehead atoms. The van der Waals surface area contributed by atoms with Gasteiger partial charge in [0.2, 0.25) is 5.88 Å². The van der Waals surface area contributed by atoms with E-state index < -0.39 is 12.3 Å². The van der Waals surface area contributed by atoms with E-state index in [1.54, 1.807) is 16.7 Å². The lowest BCUT2D eigenvalue weighted by Gasteiger charge is -2.46. The number of thioether (sulfide) groups is 1. The van der Waals surface area contributed by atoms with Crippen LogP contribution in [0.2, 0.25) is 0 Å². The molecule has 6 nitrogen and oxygen atoms in total. The number of likely N-dealkylation sites (tertiary alicyclic amines) is 1. The topological polar surface area (TPSA) is 73.2 Å². The molecule has 0 aromatic heterocycles. The summed E-state index contributed by atoms with van der Waals surface area (Å²) in [5.74, 6) is 0.477. The number of ether oxygens (including phenoxy) is 1. The minimum atomic E-state index is -1.32. The predicted molar refractivity (Wildman–Crippen MR) is 116 cm³/mol. The van der Waals surface area contributed by atoms with E-state index >= 15 is 0 Å². The number of hydrogen-bond acceptors (Lipinski definition) is 6. The summed E-state index contributed by atoms with van der Waals surface area (Å²) in [6, 6.07) is 10.4. The minimum Gasteiger partial charge on any atom is -0.449 e. The Morgan fingerprint density at radius 2 is 2.14 bits per heavy atom. The highest BCUT2D eigenvalue weighted by Gasteiger charge is 2.56. The van der Waals surface area contributed by atoms with Crippen LogP contribution in [0.15, 0.2) is 41.1 Å². The number of nitrogens with zero attached hydrogens (tertiary/aromatic N) is 2. The zero-order valence-corrected chi connectivity index (χ0v) is 18.0. The van der Waals surface area contributed by atoms with Gasteiger partial charge in [-0.25, -0.2) is 4.79 Å². The molecule has 8 heteroatoms. The van der Waals surface area contributed by atoms with Gasteiger partial charge in [0.1, 0.15) is 0 Å². The second-order valence-electron chi connectivity index (χ2n) is 7.78. The van der Waals surface area contributed by atoms with Crippen molar-refractivity contribution < 1.29 is 19.7 Å². The summed E-state index contributed by atoms with van der Waals surface area (Å²) < 4.78 is 5.18. The first kappa shape index (κ1) is 20.7. The van der Waals surface area contributed by atoms with Gasteiger partial charge < -0.3 is 19.8 Å². The summed E-state index contributed by atoms with van der Waals surface area (Å²) in [5.41, 5.74) is 1.33. The number of hydrogen-bond donors (Lipinski definition) is 2. The van der Waals surface area contributed by atoms with Crippen molar-refractivity contribution in [2.75, 3.05) is 19.6 Å². The number of aliphatic hydroxyl groups excluding tert-OH is 1. The van der Waals surface area contributed by atoms with E-state index in [-0.39, 0.29) is 17.2 Å². The molecule has 1 aromatic carbocycles. The molecule has 2 fully saturated rings. The average Bonchev–Trinajstić information content (AvgIpc) is 3.29. The Labute approximate surface area is 180 Å². The third kappa shape index (κ3) is 4.03. The highest BCUT2D eigenvalue weighted by Crippen LogP contribution is 2.54. The number of benzene rings is 1. The molecule has 2 saturated heterocycles. The van der Waals surface area contributed by atoms with Crippen LogP contribution in [-0.2, 0) is 11.2 Å². The van der Waals surface area contributed by atoms with Crippen molar-refractivity contribution in [3.05, 3.63) is 46.7 Å². The molecule has 29 heavy (non-hydrogen) atoms. The quantitative estimate of drug-likeness (QED) is 0.499. The van der Waals surface area contributed by atoms with E-state index in [9.17, 15) is 15.0 Å². The van der Waals surface area contributed by atoms with Crippen molar-refractivity contribution in [2.45, 2.75) is 37.7 Å². The lowest BCUT2D eigenvalue weighted by molar-refractivity contribution is 0.0571. The van der Waals surface area contributed by atoms with Crippen molar-refractivity contribution in [1.82, 2.24) is 9.80 Å². The Kier molecular flexibility index (Phi) is 6.15. The van der Waals surface area contributed by atoms with E-state index in [0.717, 1.165) is 37.4 Å². The van der Waals surface area contributed by atoms with Crippen LogP contribution in [0, 0.1) is 11.8 Å². The van der Waals surface area contributed by atoms with Gasteiger partial charge in [0, 0.05) is 19.0 Å². The van der Waals surface area contributed by atoms with Crippen LogP contribution in [0.3, 0.4) is 0 Å². The fourth-order valence-corrected chi connectivity index (χ4v) is 6.66. The van der Waals surface area contributed by atoms with Crippen LogP contribution in [0.4, 0.5) is 4.79 Å². The van der Waals surface area contributed by atoms with E-state index in [4.69, 9.17) is 17.0 Å². The summed E-state index contributed by atoms with van der Waals surface area (Å²) in [5, 5.41) is 19.5. The molecule has 0 amide bonds. The van der Waals surface area contributed by atoms with Gasteiger partial charge in [-0.15, -0.1) is 0 Å². The van der Waals surface area contributed by atoms with Gasteiger partial charge in [-0.3, -0.25) is 4.90 Å². The van der Waals surface area contributed by atoms with Crippen LogP contribution < -0.4 is 0 Å². The van der Waals surface area contributed by atoms with Crippen molar-refractivity contribution in [2.24, 2.45) is 11.8 Å². The number of fused-ring (bicyclic) bond motifs is 1. The number of aliphatic hydroxyl groups is 1. The molecular formula is C21H26N2O4S2. The van der Waals surface area contributed by atoms with Gasteiger partial charge in [0.15, 0.2) is 0 Å². The maximum Gasteiger partial charge on any atom is 0.512 e. The Hall–Kier alpha value is -1.61. The SMILES string of the molecule is CC[C@H](O)[C@H]1C(=S)N2C(OC(=O)O)=C(C3CCN(CCc4ccccc4)C3)S[C@H]12. The predicted octanol–water partition coefficient (Wildman–Crippen LogP) is 3.52. The lowest BCUT2D eigenvalue weighted by Crippen LogP contribution is -2.59. The van der Waals surface area contributed by atoms with Crippen LogP contribution in [0.25, 0.3) is 0 Å². The van der Waals surface area contributed by atoms with E-state index in [2.05, 4.69) is 29.2 Å². The van der Waals surface area contributed by atoms with Gasteiger partial charge in [-0.05, 0) is 31.4 Å². The van der Waals surface area contributed by atoms with Crippen molar-refractivity contribution in [3.63, 3.8) is 0 Å². The first-order valence-electron chi connectivity index (χ1n) is 10.1. The number of carbonyl (C=O) groups is 1. The van der Waals surface area contributed by atoms with Crippen LogP contribution in [0.5, 0.6) is 0 Å². The first-order chi connectivity index (χ1) is 14.0. The first-order valence-corrected chi connectivity index (χ1v) is 11.4. The fraction of sp³-hybridized carbons (Fsp3) is 0.524. The van der Waals surface area contributed by atoms with Gasteiger partial charge >= 0.3 is 6.16 Å². The maximum absolute atomic E-state index is 11.3. The zero-order chi connectivity index (χ0) is 20.5. The normalized spacial score (nSPS) is 27.7. The Morgan fingerprint density at radius 1 is 1.38 bits per heavy atom. The highest BCUT2D eigenvalue weighted by molar-refractivity contribution is 8.04. The number of rotatable bonds is 7. The van der Waals surface area contributed by atoms with Crippen molar-refractivity contribution >= 4 is 35.1 Å². The standard InChI is InChI=1S/C21H26N2O4S2/c1-2-15(24)16-19(28)23-18(27-21(25)26)17(29-20(16)23)14-9-11-22(12-14)10-8-13-6-4-3-5-7-13/h3-7,14-16,20,24H,2,8-12H2,1H3,(H,25,26)/t14?,15-,16-,20+/m0/s1. The number of thiocarbonyl (C=S) groups is 1. The van der Waals surface area contributed by atoms with Crippen molar-refractivity contribution in [3.8, 4) is 0 Å². The second-order valence-corrected chi connectivity index (χ2v) is 9.35. The third-order valence-electron chi connectivity index (χ3n) is 5.98. The molecule has 3 heterocycles. The van der Waals surface area contributed by atoms with Crippen LogP contribution in [-0.4, -0.2) is 62.3 Å². The number of carboxylic acid groups (broad SMARTS) is 1. The second kappa shape index (κ2) is 8.63. The van der Waals surface area contributed by atoms with E-state index in [1.807, 2.05) is 13.0 Å². The van der Waals surface area contributed by atoms with Gasteiger partial charge in [-0.2, -0.15) is 0 Å². The molecule has 1 aromatic rings. The molecule has 156 valence electrons. The summed E-state index contributed by atoms with van der Waals surface area (Å²) in [6.45, 7) is 4.78. The molecule has 0 aliphatic carbocycles. The van der Waals surface area contributed by atoms with E-state index in [1.165, 1.54) is 5.56 Å². The van der Waals surface area contributed by atoms with Crippen LogP contribution >= 0.6 is 24.0 Å². The zero-order valence-electron chi connectivity index (χ0n) is 16.4. The minimum absolute atomic E-state index is 0.0554. The summed E-state index contributed by atoms with van der Waals surface area (Å²) in [7, 11) is 0. The van der Waals surface area contributed by atoms with E-state index in [0.29, 0.717) is 17.3 Å². The van der Waals surface area contributed by atoms with Crippen LogP contribution in [0.1, 0.15) is 25.3 Å². The summed E-state index contributed by atoms with van der Waals surface area (Å²) in [4.78, 5) is 17.1. The molecule has 0 saturated carbocycles. The largest absolute Gasteiger partial charge is 0.512 e. The molecule has 4 rings (SSSR count). The Morgan fingerprint density at radius 3 is 2.83 bits per heavy atom. The van der Waals surface area contributed by atoms with Crippen molar-refractivity contribution in [1.29, 1.82) is 0 Å². The molecule has 4 atom stereocenters. The molecular weight excluding hydrogens is 408 g/mol. The van der Waals surface area contributed by atoms with Gasteiger partial charge in [-0.1, -0.05) is 61.2 Å². The van der Waals surface area contributed by atoms with Gasteiger partial charge in [0.05, 0.1) is 27.3 Å². The summed E-state index contributed by atoms with van der Waals surface area (Å²) in [6.07, 6.45) is 0.768. The average molecular weight is 435 g/mol. The van der Waals surface area contributed by atoms with Gasteiger partial charge in [0.25, 0.3) is 0 Å². The fourth-order valence-electron chi connectivity index (χ4n) is 4.37. The molecule has 0 radical (unpaired) electrons. The smallest absolute Gasteiger partial charge is 0.449 e. The molecule has 2 N–H and O–H groups in total. The molecule has 3 aliphatic rings. The Bertz CT molecular complexity index is 816. The molecule has 1 unspecified atom stereocenters.